The van der Waals surface area contributed by atoms with Gasteiger partial charge in [-0.2, -0.15) is 0 Å². The van der Waals surface area contributed by atoms with E-state index in [0.717, 1.165) is 61.4 Å². The molecule has 0 atom stereocenters. The van der Waals surface area contributed by atoms with E-state index in [1.807, 2.05) is 12.1 Å². The van der Waals surface area contributed by atoms with Crippen molar-refractivity contribution in [2.24, 2.45) is 0 Å². The Kier molecular flexibility index (Phi) is 5.22. The quantitative estimate of drug-likeness (QED) is 0.678. The molecule has 1 aliphatic heterocycles. The van der Waals surface area contributed by atoms with Gasteiger partial charge in [-0.3, -0.25) is 9.80 Å². The Morgan fingerprint density at radius 2 is 1.77 bits per heavy atom. The Morgan fingerprint density at radius 3 is 2.50 bits per heavy atom. The summed E-state index contributed by atoms with van der Waals surface area (Å²) in [7, 11) is 0. The highest BCUT2D eigenvalue weighted by Crippen LogP contribution is 2.34. The molecular formula is C20H23ClN4O. The molecule has 0 bridgehead atoms. The summed E-state index contributed by atoms with van der Waals surface area (Å²) in [5.74, 6) is 0. The van der Waals surface area contributed by atoms with Gasteiger partial charge < -0.3 is 10.1 Å². The maximum absolute atomic E-state index is 9.12. The summed E-state index contributed by atoms with van der Waals surface area (Å²) in [6, 6.07) is 12.4. The van der Waals surface area contributed by atoms with E-state index in [4.69, 9.17) is 16.7 Å². The van der Waals surface area contributed by atoms with Gasteiger partial charge in [0.05, 0.1) is 17.8 Å². The van der Waals surface area contributed by atoms with E-state index in [0.29, 0.717) is 5.15 Å². The second kappa shape index (κ2) is 7.76. The van der Waals surface area contributed by atoms with Crippen LogP contribution in [-0.4, -0.2) is 64.2 Å². The molecule has 1 saturated heterocycles. The number of H-pyrrole nitrogens is 1. The highest BCUT2D eigenvalue weighted by molar-refractivity contribution is 6.34. The molecule has 0 amide bonds. The molecule has 0 saturated carbocycles. The molecule has 1 fully saturated rings. The van der Waals surface area contributed by atoms with Crippen LogP contribution >= 0.6 is 11.6 Å². The summed E-state index contributed by atoms with van der Waals surface area (Å²) in [5, 5.41) is 10.7. The van der Waals surface area contributed by atoms with E-state index in [-0.39, 0.29) is 6.61 Å². The second-order valence-corrected chi connectivity index (χ2v) is 7.07. The standard InChI is InChI=1S/C20H23ClN4O/c21-20-18-16(14-25-10-8-24(9-11-25)12-13-26)19(15-4-2-1-3-5-15)23-17(18)6-7-22-20/h1-7,23,26H,8-14H2. The number of hydrogen-bond donors (Lipinski definition) is 2. The van der Waals surface area contributed by atoms with E-state index in [9.17, 15) is 0 Å². The van der Waals surface area contributed by atoms with Crippen LogP contribution in [0.25, 0.3) is 22.2 Å². The Balaban J connectivity index is 1.67. The van der Waals surface area contributed by atoms with Crippen molar-refractivity contribution in [2.75, 3.05) is 39.3 Å². The zero-order chi connectivity index (χ0) is 17.9. The number of nitrogens with zero attached hydrogens (tertiary/aromatic N) is 3. The number of β-amino-alcohol motifs (C(OH)–C–C–N with tert-alkyl or cyclic N) is 1. The van der Waals surface area contributed by atoms with E-state index < -0.39 is 0 Å². The van der Waals surface area contributed by atoms with Gasteiger partial charge in [0.2, 0.25) is 0 Å². The molecule has 2 N–H and O–H groups in total. The first-order chi connectivity index (χ1) is 12.8. The lowest BCUT2D eigenvalue weighted by molar-refractivity contribution is 0.109. The van der Waals surface area contributed by atoms with Crippen molar-refractivity contribution >= 4 is 22.5 Å². The number of aromatic nitrogens is 2. The molecule has 5 nitrogen and oxygen atoms in total. The first kappa shape index (κ1) is 17.5. The first-order valence-electron chi connectivity index (χ1n) is 9.02. The van der Waals surface area contributed by atoms with E-state index in [2.05, 4.69) is 44.0 Å². The number of benzene rings is 1. The van der Waals surface area contributed by atoms with Gasteiger partial charge in [-0.1, -0.05) is 41.9 Å². The minimum absolute atomic E-state index is 0.224. The summed E-state index contributed by atoms with van der Waals surface area (Å²) < 4.78 is 0. The number of hydrogen-bond acceptors (Lipinski definition) is 4. The van der Waals surface area contributed by atoms with Crippen LogP contribution in [0.4, 0.5) is 0 Å². The van der Waals surface area contributed by atoms with Gasteiger partial charge >= 0.3 is 0 Å². The number of aliphatic hydroxyl groups excluding tert-OH is 1. The molecule has 3 heterocycles. The molecule has 0 aliphatic carbocycles. The molecule has 2 aromatic heterocycles. The lowest BCUT2D eigenvalue weighted by atomic mass is 10.1. The van der Waals surface area contributed by atoms with Crippen LogP contribution < -0.4 is 0 Å². The van der Waals surface area contributed by atoms with Gasteiger partial charge in [-0.05, 0) is 11.6 Å². The van der Waals surface area contributed by atoms with Crippen LogP contribution in [0, 0.1) is 0 Å². The Bertz CT molecular complexity index is 872. The zero-order valence-electron chi connectivity index (χ0n) is 14.7. The molecule has 0 spiro atoms. The number of piperazine rings is 1. The minimum Gasteiger partial charge on any atom is -0.395 e. The Hall–Kier alpha value is -1.92. The van der Waals surface area contributed by atoms with Crippen LogP contribution in [0.2, 0.25) is 5.15 Å². The number of rotatable bonds is 5. The van der Waals surface area contributed by atoms with Crippen LogP contribution in [0.15, 0.2) is 42.6 Å². The zero-order valence-corrected chi connectivity index (χ0v) is 15.4. The fraction of sp³-hybridized carbons (Fsp3) is 0.350. The van der Waals surface area contributed by atoms with Crippen LogP contribution in [0.3, 0.4) is 0 Å². The molecule has 4 rings (SSSR count). The van der Waals surface area contributed by atoms with E-state index in [1.54, 1.807) is 6.20 Å². The van der Waals surface area contributed by atoms with Gasteiger partial charge in [-0.25, -0.2) is 4.98 Å². The van der Waals surface area contributed by atoms with Crippen molar-refractivity contribution in [3.63, 3.8) is 0 Å². The van der Waals surface area contributed by atoms with Crippen LogP contribution in [0.5, 0.6) is 0 Å². The molecule has 26 heavy (non-hydrogen) atoms. The van der Waals surface area contributed by atoms with Gasteiger partial charge in [0.15, 0.2) is 0 Å². The summed E-state index contributed by atoms with van der Waals surface area (Å²) in [6.07, 6.45) is 1.74. The monoisotopic (exact) mass is 370 g/mol. The van der Waals surface area contributed by atoms with Crippen LogP contribution in [0.1, 0.15) is 5.56 Å². The lowest BCUT2D eigenvalue weighted by Gasteiger charge is -2.34. The highest BCUT2D eigenvalue weighted by atomic mass is 35.5. The molecule has 1 aliphatic rings. The molecule has 0 unspecified atom stereocenters. The van der Waals surface area contributed by atoms with Gasteiger partial charge in [-0.15, -0.1) is 0 Å². The summed E-state index contributed by atoms with van der Waals surface area (Å²) in [6.45, 7) is 5.75. The van der Waals surface area contributed by atoms with Gasteiger partial charge in [0.25, 0.3) is 0 Å². The number of halogens is 1. The first-order valence-corrected chi connectivity index (χ1v) is 9.40. The third-order valence-corrected chi connectivity index (χ3v) is 5.38. The smallest absolute Gasteiger partial charge is 0.138 e. The van der Waals surface area contributed by atoms with Crippen molar-refractivity contribution < 1.29 is 5.11 Å². The number of aliphatic hydroxyl groups is 1. The Labute approximate surface area is 158 Å². The molecule has 0 radical (unpaired) electrons. The van der Waals surface area contributed by atoms with E-state index in [1.165, 1.54) is 5.56 Å². The minimum atomic E-state index is 0.224. The molecule has 3 aromatic rings. The number of aromatic amines is 1. The van der Waals surface area contributed by atoms with Crippen molar-refractivity contribution in [3.8, 4) is 11.3 Å². The third-order valence-electron chi connectivity index (χ3n) is 5.09. The van der Waals surface area contributed by atoms with Crippen molar-refractivity contribution in [3.05, 3.63) is 53.3 Å². The molecule has 136 valence electrons. The SMILES string of the molecule is OCCN1CCN(Cc2c(-c3ccccc3)[nH]c3ccnc(Cl)c23)CC1. The fourth-order valence-electron chi connectivity index (χ4n) is 3.71. The number of nitrogens with one attached hydrogen (secondary N) is 1. The summed E-state index contributed by atoms with van der Waals surface area (Å²) in [4.78, 5) is 12.6. The van der Waals surface area contributed by atoms with Crippen LogP contribution in [-0.2, 0) is 6.54 Å². The molecule has 6 heteroatoms. The van der Waals surface area contributed by atoms with Crippen molar-refractivity contribution in [1.29, 1.82) is 0 Å². The van der Waals surface area contributed by atoms with Crippen molar-refractivity contribution in [1.82, 2.24) is 19.8 Å². The average Bonchev–Trinajstić information content (AvgIpc) is 3.04. The van der Waals surface area contributed by atoms with Gasteiger partial charge in [0, 0.05) is 56.4 Å². The maximum atomic E-state index is 9.12. The predicted octanol–water partition coefficient (Wildman–Crippen LogP) is 2.99. The molecular weight excluding hydrogens is 348 g/mol. The normalized spacial score (nSPS) is 16.4. The topological polar surface area (TPSA) is 55.4 Å². The largest absolute Gasteiger partial charge is 0.395 e. The number of pyridine rings is 1. The number of fused-ring (bicyclic) bond motifs is 1. The molecule has 1 aromatic carbocycles. The lowest BCUT2D eigenvalue weighted by Crippen LogP contribution is -2.46. The average molecular weight is 371 g/mol. The summed E-state index contributed by atoms with van der Waals surface area (Å²) in [5.41, 5.74) is 4.51. The highest BCUT2D eigenvalue weighted by Gasteiger charge is 2.21. The predicted molar refractivity (Wildman–Crippen MR) is 105 cm³/mol. The van der Waals surface area contributed by atoms with E-state index >= 15 is 0 Å². The Morgan fingerprint density at radius 1 is 1.04 bits per heavy atom. The van der Waals surface area contributed by atoms with Crippen molar-refractivity contribution in [2.45, 2.75) is 6.54 Å². The summed E-state index contributed by atoms with van der Waals surface area (Å²) >= 11 is 6.46. The van der Waals surface area contributed by atoms with Gasteiger partial charge in [0.1, 0.15) is 5.15 Å². The fourth-order valence-corrected chi connectivity index (χ4v) is 3.98. The maximum Gasteiger partial charge on any atom is 0.138 e. The third kappa shape index (κ3) is 3.48. The second-order valence-electron chi connectivity index (χ2n) is 6.71.